The van der Waals surface area contributed by atoms with Crippen LogP contribution in [0.2, 0.25) is 0 Å². The quantitative estimate of drug-likeness (QED) is 0.229. The van der Waals surface area contributed by atoms with Crippen molar-refractivity contribution in [1.29, 1.82) is 0 Å². The van der Waals surface area contributed by atoms with E-state index in [1.807, 2.05) is 13.8 Å². The van der Waals surface area contributed by atoms with Gasteiger partial charge in [-0.1, -0.05) is 39.5 Å². The van der Waals surface area contributed by atoms with Crippen molar-refractivity contribution in [2.24, 2.45) is 0 Å². The number of carboxylic acid groups (broad SMARTS) is 1. The third kappa shape index (κ3) is 8.69. The number of fused-ring (bicyclic) bond motifs is 2. The molecule has 0 aromatic carbocycles. The molecule has 0 saturated heterocycles. The van der Waals surface area contributed by atoms with E-state index in [4.69, 9.17) is 38.3 Å². The van der Waals surface area contributed by atoms with E-state index in [0.29, 0.717) is 41.3 Å². The van der Waals surface area contributed by atoms with Gasteiger partial charge in [0.15, 0.2) is 17.3 Å². The van der Waals surface area contributed by atoms with Crippen molar-refractivity contribution in [3.8, 4) is 11.9 Å². The molecule has 4 aromatic heterocycles. The van der Waals surface area contributed by atoms with E-state index in [0.717, 1.165) is 56.6 Å². The van der Waals surface area contributed by atoms with Gasteiger partial charge in [-0.3, -0.25) is 19.0 Å². The average molecular weight is 853 g/mol. The Labute approximate surface area is 353 Å². The molecule has 2 aliphatic carbocycles. The SMILES string of the molecule is CC[C@@H]1C(=O)N(C)c2cnc(-n3cc(C(=O)N(C)C)cn3)nc2N1C1CCCC1.CC[C@@H]1C(=O)N(C)c2cnc(-n3cnc(C(=O)O)c3)nc2N1C1CCCC1.ClCCl. The van der Waals surface area contributed by atoms with Gasteiger partial charge >= 0.3 is 5.97 Å². The third-order valence-electron chi connectivity index (χ3n) is 11.3. The van der Waals surface area contributed by atoms with Crippen LogP contribution in [-0.4, -0.2) is 131 Å². The topological polar surface area (TPSA) is 192 Å². The van der Waals surface area contributed by atoms with Gasteiger partial charge in [0.2, 0.25) is 17.8 Å². The van der Waals surface area contributed by atoms with Gasteiger partial charge in [-0.25, -0.2) is 24.4 Å². The van der Waals surface area contributed by atoms with Crippen LogP contribution in [0.25, 0.3) is 11.9 Å². The van der Waals surface area contributed by atoms with Gasteiger partial charge < -0.3 is 29.6 Å². The zero-order chi connectivity index (χ0) is 42.5. The van der Waals surface area contributed by atoms with E-state index in [9.17, 15) is 19.2 Å². The number of carbonyl (C=O) groups excluding carboxylic acids is 3. The molecule has 0 unspecified atom stereocenters. The number of nitrogens with zero attached hydrogens (tertiary/aromatic N) is 13. The van der Waals surface area contributed by atoms with Crippen LogP contribution in [0.1, 0.15) is 98.9 Å². The Morgan fingerprint density at radius 1 is 0.763 bits per heavy atom. The largest absolute Gasteiger partial charge is 0.476 e. The Bertz CT molecular complexity index is 2150. The predicted octanol–water partition coefficient (Wildman–Crippen LogP) is 5.15. The smallest absolute Gasteiger partial charge is 0.356 e. The zero-order valence-corrected chi connectivity index (χ0v) is 35.7. The first kappa shape index (κ1) is 43.2. The van der Waals surface area contributed by atoms with E-state index in [1.54, 1.807) is 56.6 Å². The van der Waals surface area contributed by atoms with Crippen molar-refractivity contribution in [2.45, 2.75) is 102 Å². The van der Waals surface area contributed by atoms with Gasteiger partial charge in [-0.05, 0) is 38.5 Å². The summed E-state index contributed by atoms with van der Waals surface area (Å²) in [6.07, 6.45) is 19.5. The molecule has 1 N–H and O–H groups in total. The molecule has 0 spiro atoms. The molecule has 316 valence electrons. The van der Waals surface area contributed by atoms with E-state index in [1.165, 1.54) is 45.7 Å². The lowest BCUT2D eigenvalue weighted by Gasteiger charge is -2.43. The fraction of sp³-hybridized carbons (Fsp3) is 0.538. The number of hydrogen-bond acceptors (Lipinski definition) is 12. The first-order valence-electron chi connectivity index (χ1n) is 19.9. The van der Waals surface area contributed by atoms with Gasteiger partial charge in [0.05, 0.1) is 29.5 Å². The van der Waals surface area contributed by atoms with Crippen LogP contribution in [-0.2, 0) is 9.59 Å². The monoisotopic (exact) mass is 851 g/mol. The second-order valence-electron chi connectivity index (χ2n) is 15.0. The van der Waals surface area contributed by atoms with Gasteiger partial charge in [0, 0.05) is 52.7 Å². The molecule has 6 heterocycles. The van der Waals surface area contributed by atoms with E-state index in [2.05, 4.69) is 29.9 Å². The molecule has 4 aromatic rings. The maximum absolute atomic E-state index is 13.0. The summed E-state index contributed by atoms with van der Waals surface area (Å²) in [5.41, 5.74) is 1.80. The highest BCUT2D eigenvalue weighted by Crippen LogP contribution is 2.41. The molecule has 2 atom stereocenters. The molecule has 0 bridgehead atoms. The summed E-state index contributed by atoms with van der Waals surface area (Å²) in [4.78, 5) is 80.4. The molecule has 2 aliphatic heterocycles. The number of carbonyl (C=O) groups is 4. The summed E-state index contributed by atoms with van der Waals surface area (Å²) in [5, 5.41) is 13.6. The Morgan fingerprint density at radius 2 is 1.24 bits per heavy atom. The predicted molar refractivity (Wildman–Crippen MR) is 224 cm³/mol. The Balaban J connectivity index is 0.000000187. The standard InChI is InChI=1S/C20H27N7O2.C18H22N6O3.CH2Cl2/c1-5-15-19(29)25(4)16-11-21-20(23-17(16)27(15)14-8-6-7-9-14)26-12-13(10-22-26)18(28)24(2)3;1-3-13-16(25)22(2)14-8-19-18(23-9-12(17(26)27)20-10-23)21-15(14)24(13)11-6-4-5-7-11;2-1-3/h10-12,14-15H,5-9H2,1-4H3;8-11,13H,3-7H2,1-2H3,(H,26,27);1H2/t15-;13-;/m11./s1. The van der Waals surface area contributed by atoms with Crippen LogP contribution in [0.4, 0.5) is 23.0 Å². The van der Waals surface area contributed by atoms with Gasteiger partial charge in [-0.2, -0.15) is 15.1 Å². The molecule has 18 nitrogen and oxygen atoms in total. The Hall–Kier alpha value is -5.36. The number of aromatic nitrogens is 8. The second kappa shape index (κ2) is 18.7. The molecule has 59 heavy (non-hydrogen) atoms. The number of alkyl halides is 2. The normalized spacial score (nSPS) is 19.2. The van der Waals surface area contributed by atoms with E-state index in [-0.39, 0.29) is 46.9 Å². The fourth-order valence-corrected chi connectivity index (χ4v) is 8.33. The van der Waals surface area contributed by atoms with Crippen LogP contribution in [0.15, 0.2) is 37.3 Å². The molecule has 8 rings (SSSR count). The second-order valence-corrected chi connectivity index (χ2v) is 15.8. The van der Waals surface area contributed by atoms with Crippen molar-refractivity contribution < 1.29 is 24.3 Å². The summed E-state index contributed by atoms with van der Waals surface area (Å²) < 4.78 is 3.01. The van der Waals surface area contributed by atoms with Crippen molar-refractivity contribution in [3.63, 3.8) is 0 Å². The maximum Gasteiger partial charge on any atom is 0.356 e. The van der Waals surface area contributed by atoms with Gasteiger partial charge in [0.1, 0.15) is 29.8 Å². The minimum atomic E-state index is -1.10. The number of carboxylic acids is 1. The number of aromatic carboxylic acids is 1. The number of halogens is 2. The van der Waals surface area contributed by atoms with Crippen molar-refractivity contribution in [2.75, 3.05) is 53.1 Å². The van der Waals surface area contributed by atoms with Gasteiger partial charge in [-0.15, -0.1) is 23.2 Å². The number of hydrogen-bond donors (Lipinski definition) is 1. The molecule has 3 amide bonds. The van der Waals surface area contributed by atoms with Gasteiger partial charge in [0.25, 0.3) is 11.9 Å². The van der Waals surface area contributed by atoms with Crippen molar-refractivity contribution in [3.05, 3.63) is 48.6 Å². The highest BCUT2D eigenvalue weighted by atomic mass is 35.5. The lowest BCUT2D eigenvalue weighted by Crippen LogP contribution is -2.55. The highest BCUT2D eigenvalue weighted by molar-refractivity contribution is 6.40. The number of anilines is 4. The lowest BCUT2D eigenvalue weighted by atomic mass is 10.0. The van der Waals surface area contributed by atoms with Crippen LogP contribution >= 0.6 is 23.2 Å². The molecular weight excluding hydrogens is 801 g/mol. The molecule has 4 aliphatic rings. The Morgan fingerprint density at radius 3 is 1.68 bits per heavy atom. The minimum Gasteiger partial charge on any atom is -0.476 e. The third-order valence-corrected chi connectivity index (χ3v) is 11.3. The number of imidazole rings is 1. The number of likely N-dealkylation sites (N-methyl/N-ethyl adjacent to an activating group) is 2. The molecule has 2 saturated carbocycles. The minimum absolute atomic E-state index is 0.0593. The summed E-state index contributed by atoms with van der Waals surface area (Å²) in [6, 6.07) is 0.127. The number of rotatable bonds is 8. The molecular formula is C39H51Cl2N13O5. The summed E-state index contributed by atoms with van der Waals surface area (Å²) >= 11 is 9.53. The summed E-state index contributed by atoms with van der Waals surface area (Å²) in [6.45, 7) is 4.05. The Kier molecular flexibility index (Phi) is 13.7. The first-order valence-corrected chi connectivity index (χ1v) is 20.9. The van der Waals surface area contributed by atoms with Crippen LogP contribution in [0.3, 0.4) is 0 Å². The van der Waals surface area contributed by atoms with Crippen LogP contribution in [0.5, 0.6) is 0 Å². The molecule has 20 heteroatoms. The zero-order valence-electron chi connectivity index (χ0n) is 34.2. The van der Waals surface area contributed by atoms with E-state index >= 15 is 0 Å². The molecule has 0 radical (unpaired) electrons. The lowest BCUT2D eigenvalue weighted by molar-refractivity contribution is -0.120. The van der Waals surface area contributed by atoms with Crippen molar-refractivity contribution >= 4 is 69.9 Å². The van der Waals surface area contributed by atoms with E-state index < -0.39 is 5.97 Å². The van der Waals surface area contributed by atoms with Crippen LogP contribution < -0.4 is 19.6 Å². The molecule has 2 fully saturated rings. The highest BCUT2D eigenvalue weighted by Gasteiger charge is 2.43. The number of amides is 3. The summed E-state index contributed by atoms with van der Waals surface area (Å²) in [7, 11) is 6.93. The maximum atomic E-state index is 13.0. The average Bonchev–Trinajstić information content (AvgIpc) is 4.09. The fourth-order valence-electron chi connectivity index (χ4n) is 8.33. The van der Waals surface area contributed by atoms with Crippen LogP contribution in [0, 0.1) is 0 Å². The summed E-state index contributed by atoms with van der Waals surface area (Å²) in [5.74, 6) is 1.15. The first-order chi connectivity index (χ1) is 28.3. The van der Waals surface area contributed by atoms with Crippen molar-refractivity contribution in [1.82, 2.24) is 44.2 Å².